The Labute approximate surface area is 113 Å². The summed E-state index contributed by atoms with van der Waals surface area (Å²) in [5.74, 6) is -0.660. The van der Waals surface area contributed by atoms with Crippen LogP contribution in [-0.4, -0.2) is 32.5 Å². The van der Waals surface area contributed by atoms with Gasteiger partial charge in [-0.15, -0.1) is 0 Å². The molecule has 0 aromatic heterocycles. The van der Waals surface area contributed by atoms with Crippen molar-refractivity contribution < 1.29 is 17.9 Å². The molecule has 0 saturated heterocycles. The summed E-state index contributed by atoms with van der Waals surface area (Å²) in [4.78, 5) is 11.8. The number of aryl methyl sites for hydroxylation is 2. The number of ether oxygens (including phenoxy) is 1. The molecule has 0 fully saturated rings. The third kappa shape index (κ3) is 4.24. The van der Waals surface area contributed by atoms with Gasteiger partial charge in [-0.2, -0.15) is 0 Å². The minimum absolute atomic E-state index is 0.0427. The number of hydrogen-bond acceptors (Lipinski definition) is 5. The molecule has 0 aliphatic carbocycles. The monoisotopic (exact) mass is 285 g/mol. The van der Waals surface area contributed by atoms with Crippen LogP contribution in [0.15, 0.2) is 12.1 Å². The first-order valence-corrected chi connectivity index (χ1v) is 7.83. The molecule has 0 spiro atoms. The van der Waals surface area contributed by atoms with Crippen LogP contribution in [0, 0.1) is 13.8 Å². The number of benzene rings is 1. The summed E-state index contributed by atoms with van der Waals surface area (Å²) in [6.45, 7) is 5.06. The standard InChI is InChI=1S/C13H19NO4S/c1-4-19(16,17)6-5-18-13(15)11-8-12(14)10(3)7-9(11)2/h7-8H,4-6,14H2,1-3H3. The van der Waals surface area contributed by atoms with Gasteiger partial charge in [-0.1, -0.05) is 13.0 Å². The summed E-state index contributed by atoms with van der Waals surface area (Å²) < 4.78 is 27.5. The third-order valence-corrected chi connectivity index (χ3v) is 4.57. The lowest BCUT2D eigenvalue weighted by Crippen LogP contribution is -2.17. The average Bonchev–Trinajstić information content (AvgIpc) is 2.33. The second-order valence-electron chi connectivity index (χ2n) is 4.40. The summed E-state index contributed by atoms with van der Waals surface area (Å²) in [5, 5.41) is 0. The lowest BCUT2D eigenvalue weighted by molar-refractivity contribution is 0.0528. The van der Waals surface area contributed by atoms with Crippen molar-refractivity contribution in [1.82, 2.24) is 0 Å². The zero-order valence-corrected chi connectivity index (χ0v) is 12.2. The number of sulfone groups is 1. The van der Waals surface area contributed by atoms with Crippen LogP contribution in [0.1, 0.15) is 28.4 Å². The van der Waals surface area contributed by atoms with Crippen LogP contribution in [0.25, 0.3) is 0 Å². The SMILES string of the molecule is CCS(=O)(=O)CCOC(=O)c1cc(N)c(C)cc1C. The van der Waals surface area contributed by atoms with E-state index in [0.717, 1.165) is 11.1 Å². The van der Waals surface area contributed by atoms with Crippen molar-refractivity contribution in [3.8, 4) is 0 Å². The molecule has 2 N–H and O–H groups in total. The van der Waals surface area contributed by atoms with Crippen molar-refractivity contribution in [2.45, 2.75) is 20.8 Å². The molecule has 0 amide bonds. The van der Waals surface area contributed by atoms with E-state index >= 15 is 0 Å². The van der Waals surface area contributed by atoms with Gasteiger partial charge in [0.05, 0.1) is 11.3 Å². The Bertz CT molecular complexity index is 579. The van der Waals surface area contributed by atoms with Crippen LogP contribution in [-0.2, 0) is 14.6 Å². The van der Waals surface area contributed by atoms with E-state index in [1.165, 1.54) is 0 Å². The minimum Gasteiger partial charge on any atom is -0.461 e. The minimum atomic E-state index is -3.12. The molecule has 0 atom stereocenters. The predicted molar refractivity (Wildman–Crippen MR) is 74.9 cm³/mol. The van der Waals surface area contributed by atoms with E-state index in [-0.39, 0.29) is 18.1 Å². The highest BCUT2D eigenvalue weighted by atomic mass is 32.2. The van der Waals surface area contributed by atoms with E-state index in [1.807, 2.05) is 6.92 Å². The van der Waals surface area contributed by atoms with E-state index < -0.39 is 15.8 Å². The molecule has 1 aromatic carbocycles. The first kappa shape index (κ1) is 15.5. The van der Waals surface area contributed by atoms with Crippen LogP contribution in [0.2, 0.25) is 0 Å². The summed E-state index contributed by atoms with van der Waals surface area (Å²) in [6.07, 6.45) is 0. The molecule has 106 valence electrons. The number of carbonyl (C=O) groups excluding carboxylic acids is 1. The first-order valence-electron chi connectivity index (χ1n) is 6.01. The molecule has 0 radical (unpaired) electrons. The number of esters is 1. The number of rotatable bonds is 5. The Balaban J connectivity index is 2.72. The van der Waals surface area contributed by atoms with Crippen molar-refractivity contribution in [3.05, 3.63) is 28.8 Å². The van der Waals surface area contributed by atoms with Gasteiger partial charge in [-0.25, -0.2) is 13.2 Å². The maximum absolute atomic E-state index is 11.8. The Morgan fingerprint density at radius 1 is 1.26 bits per heavy atom. The van der Waals surface area contributed by atoms with Crippen molar-refractivity contribution in [3.63, 3.8) is 0 Å². The van der Waals surface area contributed by atoms with E-state index in [9.17, 15) is 13.2 Å². The quantitative estimate of drug-likeness (QED) is 0.654. The average molecular weight is 285 g/mol. The second kappa shape index (κ2) is 6.06. The number of hydrogen-bond donors (Lipinski definition) is 1. The van der Waals surface area contributed by atoms with Gasteiger partial charge in [-0.05, 0) is 31.0 Å². The number of nitrogens with two attached hydrogens (primary N) is 1. The maximum atomic E-state index is 11.8. The molecule has 5 nitrogen and oxygen atoms in total. The molecule has 1 rings (SSSR count). The van der Waals surface area contributed by atoms with Crippen LogP contribution in [0.4, 0.5) is 5.69 Å². The summed E-state index contributed by atoms with van der Waals surface area (Å²) in [5.41, 5.74) is 8.28. The van der Waals surface area contributed by atoms with Gasteiger partial charge in [0.25, 0.3) is 0 Å². The lowest BCUT2D eigenvalue weighted by atomic mass is 10.0. The molecule has 0 unspecified atom stereocenters. The van der Waals surface area contributed by atoms with Crippen molar-refractivity contribution in [2.24, 2.45) is 0 Å². The Kier molecular flexibility index (Phi) is 4.94. The summed E-state index contributed by atoms with van der Waals surface area (Å²) in [6, 6.07) is 3.36. The Hall–Kier alpha value is -1.56. The normalized spacial score (nSPS) is 11.3. The van der Waals surface area contributed by atoms with Gasteiger partial charge in [0, 0.05) is 11.4 Å². The van der Waals surface area contributed by atoms with Crippen molar-refractivity contribution in [1.29, 1.82) is 0 Å². The lowest BCUT2D eigenvalue weighted by Gasteiger charge is -2.09. The third-order valence-electron chi connectivity index (χ3n) is 2.90. The van der Waals surface area contributed by atoms with Crippen LogP contribution in [0.5, 0.6) is 0 Å². The van der Waals surface area contributed by atoms with Crippen molar-refractivity contribution in [2.75, 3.05) is 23.8 Å². The van der Waals surface area contributed by atoms with Gasteiger partial charge < -0.3 is 10.5 Å². The molecular weight excluding hydrogens is 266 g/mol. The van der Waals surface area contributed by atoms with Crippen LogP contribution >= 0.6 is 0 Å². The van der Waals surface area contributed by atoms with Gasteiger partial charge in [0.2, 0.25) is 0 Å². The second-order valence-corrected chi connectivity index (χ2v) is 6.87. The van der Waals surface area contributed by atoms with Gasteiger partial charge in [-0.3, -0.25) is 0 Å². The topological polar surface area (TPSA) is 86.5 Å². The fourth-order valence-corrected chi connectivity index (χ4v) is 2.20. The number of carbonyl (C=O) groups is 1. The molecule has 1 aromatic rings. The van der Waals surface area contributed by atoms with Gasteiger partial charge in [0.15, 0.2) is 9.84 Å². The predicted octanol–water partition coefficient (Wildman–Crippen LogP) is 1.48. The zero-order valence-electron chi connectivity index (χ0n) is 11.4. The highest BCUT2D eigenvalue weighted by Crippen LogP contribution is 2.18. The Morgan fingerprint density at radius 3 is 2.47 bits per heavy atom. The number of nitrogen functional groups attached to an aromatic ring is 1. The van der Waals surface area contributed by atoms with E-state index in [0.29, 0.717) is 11.3 Å². The molecule has 0 heterocycles. The first-order chi connectivity index (χ1) is 8.76. The summed E-state index contributed by atoms with van der Waals surface area (Å²) >= 11 is 0. The van der Waals surface area contributed by atoms with Crippen molar-refractivity contribution >= 4 is 21.5 Å². The summed E-state index contributed by atoms with van der Waals surface area (Å²) in [7, 11) is -3.12. The molecule has 0 aliphatic rings. The largest absolute Gasteiger partial charge is 0.461 e. The van der Waals surface area contributed by atoms with E-state index in [1.54, 1.807) is 26.0 Å². The fraction of sp³-hybridized carbons (Fsp3) is 0.462. The van der Waals surface area contributed by atoms with Crippen LogP contribution < -0.4 is 5.73 Å². The highest BCUT2D eigenvalue weighted by Gasteiger charge is 2.14. The molecule has 0 saturated carbocycles. The molecule has 6 heteroatoms. The molecule has 0 bridgehead atoms. The molecule has 0 aliphatic heterocycles. The maximum Gasteiger partial charge on any atom is 0.338 e. The zero-order chi connectivity index (χ0) is 14.6. The molecule has 19 heavy (non-hydrogen) atoms. The van der Waals surface area contributed by atoms with Gasteiger partial charge in [0.1, 0.15) is 6.61 Å². The Morgan fingerprint density at radius 2 is 1.89 bits per heavy atom. The molecular formula is C13H19NO4S. The van der Waals surface area contributed by atoms with E-state index in [4.69, 9.17) is 10.5 Å². The fourth-order valence-electron chi connectivity index (χ4n) is 1.57. The number of anilines is 1. The smallest absolute Gasteiger partial charge is 0.338 e. The van der Waals surface area contributed by atoms with Gasteiger partial charge >= 0.3 is 5.97 Å². The highest BCUT2D eigenvalue weighted by molar-refractivity contribution is 7.91. The van der Waals surface area contributed by atoms with E-state index in [2.05, 4.69) is 0 Å². The van der Waals surface area contributed by atoms with Crippen LogP contribution in [0.3, 0.4) is 0 Å².